The average Bonchev–Trinajstić information content (AvgIpc) is 3.08. The van der Waals surface area contributed by atoms with Crippen LogP contribution in [0.25, 0.3) is 0 Å². The third-order valence-electron chi connectivity index (χ3n) is 2.72. The van der Waals surface area contributed by atoms with Gasteiger partial charge in [-0.05, 0) is 25.2 Å². The molecule has 0 aromatic carbocycles. The van der Waals surface area contributed by atoms with Gasteiger partial charge in [0.2, 0.25) is 0 Å². The predicted molar refractivity (Wildman–Crippen MR) is 90.6 cm³/mol. The van der Waals surface area contributed by atoms with Crippen molar-refractivity contribution < 1.29 is 14.8 Å². The Hall–Kier alpha value is -1.72. The summed E-state index contributed by atoms with van der Waals surface area (Å²) in [5, 5.41) is 25.1. The van der Waals surface area contributed by atoms with Crippen molar-refractivity contribution in [2.45, 2.75) is 29.4 Å². The summed E-state index contributed by atoms with van der Waals surface area (Å²) >= 11 is 3.60. The lowest BCUT2D eigenvalue weighted by Crippen LogP contribution is -2.26. The Kier molecular flexibility index (Phi) is 5.55. The molecule has 2 aromatic rings. The number of aromatic nitrogens is 2. The van der Waals surface area contributed by atoms with Gasteiger partial charge in [-0.2, -0.15) is 0 Å². The number of thioether (sulfide) groups is 1. The summed E-state index contributed by atoms with van der Waals surface area (Å²) < 4.78 is -0.218. The number of rotatable bonds is 8. The van der Waals surface area contributed by atoms with E-state index in [2.05, 4.69) is 15.3 Å². The minimum absolute atomic E-state index is 0.00394. The van der Waals surface area contributed by atoms with Crippen LogP contribution in [0.15, 0.2) is 15.9 Å². The number of hydrogen-bond donors (Lipinski definition) is 2. The highest BCUT2D eigenvalue weighted by Gasteiger charge is 2.29. The van der Waals surface area contributed by atoms with Gasteiger partial charge in [-0.1, -0.05) is 11.8 Å². The fraction of sp³-hybridized carbons (Fsp3) is 0.417. The molecule has 11 heteroatoms. The van der Waals surface area contributed by atoms with Crippen LogP contribution in [0, 0.1) is 10.1 Å². The molecule has 23 heavy (non-hydrogen) atoms. The number of carbonyl (C=O) groups is 1. The van der Waals surface area contributed by atoms with Crippen LogP contribution in [0.3, 0.4) is 0 Å². The Labute approximate surface area is 144 Å². The normalized spacial score (nSPS) is 11.4. The van der Waals surface area contributed by atoms with Gasteiger partial charge in [-0.3, -0.25) is 14.9 Å². The minimum atomic E-state index is -0.923. The Morgan fingerprint density at radius 3 is 2.91 bits per heavy atom. The van der Waals surface area contributed by atoms with Crippen LogP contribution in [0.4, 0.5) is 10.1 Å². The lowest BCUT2D eigenvalue weighted by molar-refractivity contribution is -0.380. The summed E-state index contributed by atoms with van der Waals surface area (Å²) in [4.78, 5) is 29.5. The monoisotopic (exact) mass is 374 g/mol. The minimum Gasteiger partial charge on any atom is -0.480 e. The first-order valence-corrected chi connectivity index (χ1v) is 9.00. The first-order valence-electron chi connectivity index (χ1n) is 6.49. The van der Waals surface area contributed by atoms with Crippen molar-refractivity contribution in [1.29, 1.82) is 0 Å². The second-order valence-corrected chi connectivity index (χ2v) is 8.70. The molecule has 0 saturated heterocycles. The van der Waals surface area contributed by atoms with Gasteiger partial charge in [0.25, 0.3) is 0 Å². The van der Waals surface area contributed by atoms with E-state index in [0.29, 0.717) is 22.4 Å². The maximum absolute atomic E-state index is 11.1. The molecule has 0 spiro atoms. The first kappa shape index (κ1) is 17.6. The van der Waals surface area contributed by atoms with Gasteiger partial charge in [-0.15, -0.1) is 11.3 Å². The molecule has 124 valence electrons. The number of nitrogens with one attached hydrogen (secondary N) is 1. The first-order chi connectivity index (χ1) is 10.8. The van der Waals surface area contributed by atoms with E-state index in [1.165, 1.54) is 29.3 Å². The van der Waals surface area contributed by atoms with Crippen molar-refractivity contribution in [3.63, 3.8) is 0 Å². The molecule has 0 amide bonds. The van der Waals surface area contributed by atoms with Crippen LogP contribution in [0.5, 0.6) is 0 Å². The van der Waals surface area contributed by atoms with Crippen LogP contribution in [0.2, 0.25) is 0 Å². The van der Waals surface area contributed by atoms with E-state index in [9.17, 15) is 14.9 Å². The van der Waals surface area contributed by atoms with E-state index in [1.807, 2.05) is 5.38 Å². The summed E-state index contributed by atoms with van der Waals surface area (Å²) in [6, 6.07) is 0. The smallest absolute Gasteiger partial charge is 0.345 e. The molecule has 0 radical (unpaired) electrons. The van der Waals surface area contributed by atoms with Gasteiger partial charge in [-0.25, -0.2) is 9.97 Å². The van der Waals surface area contributed by atoms with Crippen LogP contribution < -0.4 is 5.32 Å². The fourth-order valence-electron chi connectivity index (χ4n) is 1.44. The van der Waals surface area contributed by atoms with E-state index >= 15 is 0 Å². The second-order valence-electron chi connectivity index (χ2n) is 4.96. The second kappa shape index (κ2) is 7.23. The molecule has 2 aromatic heterocycles. The highest BCUT2D eigenvalue weighted by atomic mass is 32.2. The molecule has 0 aliphatic carbocycles. The van der Waals surface area contributed by atoms with Gasteiger partial charge in [0, 0.05) is 18.3 Å². The number of hydrogen-bond acceptors (Lipinski definition) is 9. The molecule has 0 saturated carbocycles. The number of aliphatic carboxylic acids is 1. The molecule has 8 nitrogen and oxygen atoms in total. The van der Waals surface area contributed by atoms with Crippen molar-refractivity contribution in [3.05, 3.63) is 27.4 Å². The Balaban J connectivity index is 1.85. The lowest BCUT2D eigenvalue weighted by atomic mass is 10.2. The van der Waals surface area contributed by atoms with E-state index in [0.717, 1.165) is 17.0 Å². The molecule has 2 N–H and O–H groups in total. The fourth-order valence-corrected chi connectivity index (χ4v) is 4.32. The molecule has 0 unspecified atom stereocenters. The molecule has 0 aliphatic heterocycles. The van der Waals surface area contributed by atoms with Crippen molar-refractivity contribution in [2.75, 3.05) is 11.9 Å². The lowest BCUT2D eigenvalue weighted by Gasteiger charge is -2.15. The van der Waals surface area contributed by atoms with Gasteiger partial charge in [0.05, 0.1) is 10.6 Å². The molecule has 0 aliphatic rings. The predicted octanol–water partition coefficient (Wildman–Crippen LogP) is 3.12. The summed E-state index contributed by atoms with van der Waals surface area (Å²) in [6.45, 7) is 3.82. The van der Waals surface area contributed by atoms with Crippen molar-refractivity contribution in [1.82, 2.24) is 9.97 Å². The SMILES string of the molecule is CC(C)(Sc1nc(CCNc2ncc([N+](=O)[O-])s2)cs1)C(=O)O. The zero-order valence-corrected chi connectivity index (χ0v) is 14.8. The number of anilines is 1. The van der Waals surface area contributed by atoms with E-state index in [4.69, 9.17) is 5.11 Å². The summed E-state index contributed by atoms with van der Waals surface area (Å²) in [6.07, 6.45) is 1.84. The maximum Gasteiger partial charge on any atom is 0.345 e. The standard InChI is InChI=1S/C12H14N4O4S3/c1-12(2,9(17)18)23-11-15-7(6-21-11)3-4-13-10-14-5-8(22-10)16(19)20/h5-6H,3-4H2,1-2H3,(H,13,14)(H,17,18). The topological polar surface area (TPSA) is 118 Å². The number of nitro groups is 1. The zero-order chi connectivity index (χ0) is 17.0. The molecule has 0 atom stereocenters. The largest absolute Gasteiger partial charge is 0.480 e. The summed E-state index contributed by atoms with van der Waals surface area (Å²) in [5.74, 6) is -0.883. The highest BCUT2D eigenvalue weighted by Crippen LogP contribution is 2.34. The average molecular weight is 374 g/mol. The quantitative estimate of drug-likeness (QED) is 0.411. The third-order valence-corrected chi connectivity index (χ3v) is 5.80. The van der Waals surface area contributed by atoms with Crippen molar-refractivity contribution in [2.24, 2.45) is 0 Å². The molecule has 2 rings (SSSR count). The summed E-state index contributed by atoms with van der Waals surface area (Å²) in [7, 11) is 0. The van der Waals surface area contributed by atoms with Gasteiger partial charge < -0.3 is 10.4 Å². The van der Waals surface area contributed by atoms with Gasteiger partial charge in [0.15, 0.2) is 9.47 Å². The molecular formula is C12H14N4O4S3. The Morgan fingerprint density at radius 1 is 1.57 bits per heavy atom. The van der Waals surface area contributed by atoms with Gasteiger partial charge >= 0.3 is 11.0 Å². The van der Waals surface area contributed by atoms with Crippen LogP contribution in [-0.2, 0) is 11.2 Å². The third kappa shape index (κ3) is 4.88. The number of carboxylic acid groups (broad SMARTS) is 1. The maximum atomic E-state index is 11.1. The van der Waals surface area contributed by atoms with Crippen molar-refractivity contribution >= 4 is 50.5 Å². The Bertz CT molecular complexity index is 713. The van der Waals surface area contributed by atoms with Crippen LogP contribution in [-0.4, -0.2) is 37.3 Å². The van der Waals surface area contributed by atoms with E-state index < -0.39 is 15.6 Å². The van der Waals surface area contributed by atoms with Crippen LogP contribution in [0.1, 0.15) is 19.5 Å². The van der Waals surface area contributed by atoms with E-state index in [1.54, 1.807) is 13.8 Å². The van der Waals surface area contributed by atoms with Crippen molar-refractivity contribution in [3.8, 4) is 0 Å². The number of thiazole rings is 2. The molecular weight excluding hydrogens is 360 g/mol. The molecule has 0 bridgehead atoms. The number of carboxylic acids is 1. The molecule has 2 heterocycles. The zero-order valence-electron chi connectivity index (χ0n) is 12.3. The number of nitrogens with zero attached hydrogens (tertiary/aromatic N) is 3. The summed E-state index contributed by atoms with van der Waals surface area (Å²) in [5.41, 5.74) is 0.845. The molecule has 0 fully saturated rings. The Morgan fingerprint density at radius 2 is 2.30 bits per heavy atom. The van der Waals surface area contributed by atoms with Crippen LogP contribution >= 0.6 is 34.4 Å². The highest BCUT2D eigenvalue weighted by molar-refractivity contribution is 8.02. The van der Waals surface area contributed by atoms with Gasteiger partial charge in [0.1, 0.15) is 10.9 Å². The van der Waals surface area contributed by atoms with E-state index in [-0.39, 0.29) is 5.00 Å².